The van der Waals surface area contributed by atoms with E-state index in [0.29, 0.717) is 6.04 Å². The van der Waals surface area contributed by atoms with Crippen LogP contribution in [0.1, 0.15) is 24.4 Å². The van der Waals surface area contributed by atoms with Crippen LogP contribution in [0.2, 0.25) is 0 Å². The molecular weight excluding hydrogens is 186 g/mol. The number of nitrogens with one attached hydrogen (secondary N) is 1. The standard InChI is InChI=1S/C12H19N3/c1-15(2)12(9-14-11-3-4-11)10-5-7-13-8-6-10/h5-8,11-12,14H,3-4,9H2,1-2H3. The third kappa shape index (κ3) is 3.01. The Labute approximate surface area is 91.5 Å². The Morgan fingerprint density at radius 2 is 2.07 bits per heavy atom. The van der Waals surface area contributed by atoms with Crippen LogP contribution in [-0.2, 0) is 0 Å². The molecule has 1 aromatic rings. The first kappa shape index (κ1) is 10.6. The highest BCUT2D eigenvalue weighted by molar-refractivity contribution is 5.15. The topological polar surface area (TPSA) is 28.2 Å². The molecule has 1 aliphatic carbocycles. The van der Waals surface area contributed by atoms with Crippen molar-refractivity contribution in [1.82, 2.24) is 15.2 Å². The lowest BCUT2D eigenvalue weighted by atomic mass is 10.1. The van der Waals surface area contributed by atoms with Crippen molar-refractivity contribution in [2.24, 2.45) is 0 Å². The van der Waals surface area contributed by atoms with Gasteiger partial charge in [0.05, 0.1) is 0 Å². The van der Waals surface area contributed by atoms with Crippen LogP contribution in [0.5, 0.6) is 0 Å². The van der Waals surface area contributed by atoms with Gasteiger partial charge in [0.25, 0.3) is 0 Å². The Bertz CT molecular complexity index is 293. The van der Waals surface area contributed by atoms with Crippen molar-refractivity contribution in [3.05, 3.63) is 30.1 Å². The van der Waals surface area contributed by atoms with Crippen LogP contribution < -0.4 is 5.32 Å². The largest absolute Gasteiger partial charge is 0.312 e. The van der Waals surface area contributed by atoms with E-state index in [0.717, 1.165) is 12.6 Å². The predicted molar refractivity (Wildman–Crippen MR) is 61.7 cm³/mol. The molecule has 1 atom stereocenters. The minimum atomic E-state index is 0.452. The van der Waals surface area contributed by atoms with Gasteiger partial charge in [-0.15, -0.1) is 0 Å². The summed E-state index contributed by atoms with van der Waals surface area (Å²) < 4.78 is 0. The van der Waals surface area contributed by atoms with Gasteiger partial charge in [-0.1, -0.05) is 0 Å². The third-order valence-corrected chi connectivity index (χ3v) is 2.89. The molecule has 0 aromatic carbocycles. The van der Waals surface area contributed by atoms with E-state index in [4.69, 9.17) is 0 Å². The summed E-state index contributed by atoms with van der Waals surface area (Å²) in [6, 6.07) is 5.42. The van der Waals surface area contributed by atoms with E-state index in [1.165, 1.54) is 18.4 Å². The maximum atomic E-state index is 4.06. The number of aromatic nitrogens is 1. The van der Waals surface area contributed by atoms with Gasteiger partial charge in [0.15, 0.2) is 0 Å². The zero-order valence-electron chi connectivity index (χ0n) is 9.48. The predicted octanol–water partition coefficient (Wildman–Crippen LogP) is 1.44. The quantitative estimate of drug-likeness (QED) is 0.788. The first-order chi connectivity index (χ1) is 7.27. The summed E-state index contributed by atoms with van der Waals surface area (Å²) in [4.78, 5) is 6.31. The lowest BCUT2D eigenvalue weighted by molar-refractivity contribution is 0.288. The highest BCUT2D eigenvalue weighted by atomic mass is 15.1. The lowest BCUT2D eigenvalue weighted by Crippen LogP contribution is -2.32. The number of hydrogen-bond acceptors (Lipinski definition) is 3. The van der Waals surface area contributed by atoms with E-state index in [1.54, 1.807) is 0 Å². The van der Waals surface area contributed by atoms with Gasteiger partial charge in [-0.25, -0.2) is 0 Å². The fraction of sp³-hybridized carbons (Fsp3) is 0.583. The maximum absolute atomic E-state index is 4.06. The van der Waals surface area contributed by atoms with Gasteiger partial charge in [-0.2, -0.15) is 0 Å². The lowest BCUT2D eigenvalue weighted by Gasteiger charge is -2.25. The second-order valence-corrected chi connectivity index (χ2v) is 4.44. The normalized spacial score (nSPS) is 18.1. The van der Waals surface area contributed by atoms with Gasteiger partial charge >= 0.3 is 0 Å². The molecule has 0 bridgehead atoms. The number of likely N-dealkylation sites (N-methyl/N-ethyl adjacent to an activating group) is 1. The minimum absolute atomic E-state index is 0.452. The highest BCUT2D eigenvalue weighted by Crippen LogP contribution is 2.21. The van der Waals surface area contributed by atoms with Crippen LogP contribution in [0.25, 0.3) is 0 Å². The highest BCUT2D eigenvalue weighted by Gasteiger charge is 2.23. The van der Waals surface area contributed by atoms with Crippen molar-refractivity contribution in [1.29, 1.82) is 0 Å². The molecule has 1 saturated carbocycles. The molecule has 0 radical (unpaired) electrons. The van der Waals surface area contributed by atoms with E-state index >= 15 is 0 Å². The molecule has 1 N–H and O–H groups in total. The molecular formula is C12H19N3. The second kappa shape index (κ2) is 4.73. The van der Waals surface area contributed by atoms with Gasteiger partial charge in [0.1, 0.15) is 0 Å². The summed E-state index contributed by atoms with van der Waals surface area (Å²) in [5.74, 6) is 0. The Morgan fingerprint density at radius 3 is 2.60 bits per heavy atom. The molecule has 0 saturated heterocycles. The Balaban J connectivity index is 1.98. The van der Waals surface area contributed by atoms with E-state index in [2.05, 4.69) is 41.4 Å². The van der Waals surface area contributed by atoms with Crippen molar-refractivity contribution in [3.8, 4) is 0 Å². The van der Waals surface area contributed by atoms with Crippen LogP contribution in [-0.4, -0.2) is 36.6 Å². The molecule has 3 heteroatoms. The molecule has 82 valence electrons. The molecule has 1 aromatic heterocycles. The summed E-state index contributed by atoms with van der Waals surface area (Å²) in [5.41, 5.74) is 1.34. The van der Waals surface area contributed by atoms with E-state index in [1.807, 2.05) is 12.4 Å². The molecule has 3 nitrogen and oxygen atoms in total. The fourth-order valence-corrected chi connectivity index (χ4v) is 1.75. The first-order valence-corrected chi connectivity index (χ1v) is 5.57. The van der Waals surface area contributed by atoms with Gasteiger partial charge in [-0.05, 0) is 44.6 Å². The van der Waals surface area contributed by atoms with E-state index in [9.17, 15) is 0 Å². The average molecular weight is 205 g/mol. The van der Waals surface area contributed by atoms with Crippen LogP contribution in [0.3, 0.4) is 0 Å². The maximum Gasteiger partial charge on any atom is 0.0468 e. The summed E-state index contributed by atoms with van der Waals surface area (Å²) in [6.45, 7) is 1.03. The van der Waals surface area contributed by atoms with Crippen LogP contribution >= 0.6 is 0 Å². The van der Waals surface area contributed by atoms with Gasteiger partial charge in [0, 0.05) is 31.0 Å². The van der Waals surface area contributed by atoms with Gasteiger partial charge in [0.2, 0.25) is 0 Å². The zero-order valence-corrected chi connectivity index (χ0v) is 9.48. The van der Waals surface area contributed by atoms with Crippen molar-refractivity contribution in [2.75, 3.05) is 20.6 Å². The van der Waals surface area contributed by atoms with Crippen molar-refractivity contribution in [2.45, 2.75) is 24.9 Å². The number of rotatable bonds is 5. The molecule has 1 fully saturated rings. The molecule has 1 unspecified atom stereocenters. The Hall–Kier alpha value is -0.930. The molecule has 2 rings (SSSR count). The number of pyridine rings is 1. The molecule has 0 spiro atoms. The van der Waals surface area contributed by atoms with Gasteiger partial charge < -0.3 is 10.2 Å². The number of nitrogens with zero attached hydrogens (tertiary/aromatic N) is 2. The van der Waals surface area contributed by atoms with E-state index in [-0.39, 0.29) is 0 Å². The van der Waals surface area contributed by atoms with Crippen LogP contribution in [0, 0.1) is 0 Å². The average Bonchev–Trinajstić information content (AvgIpc) is 3.03. The summed E-state index contributed by atoms with van der Waals surface area (Å²) in [6.07, 6.45) is 6.42. The fourth-order valence-electron chi connectivity index (χ4n) is 1.75. The van der Waals surface area contributed by atoms with Crippen molar-refractivity contribution in [3.63, 3.8) is 0 Å². The van der Waals surface area contributed by atoms with Crippen LogP contribution in [0.15, 0.2) is 24.5 Å². The monoisotopic (exact) mass is 205 g/mol. The summed E-state index contributed by atoms with van der Waals surface area (Å²) in [5, 5.41) is 3.57. The van der Waals surface area contributed by atoms with Crippen molar-refractivity contribution >= 4 is 0 Å². The molecule has 0 amide bonds. The smallest absolute Gasteiger partial charge is 0.0468 e. The van der Waals surface area contributed by atoms with Crippen LogP contribution in [0.4, 0.5) is 0 Å². The second-order valence-electron chi connectivity index (χ2n) is 4.44. The third-order valence-electron chi connectivity index (χ3n) is 2.89. The molecule has 1 heterocycles. The molecule has 15 heavy (non-hydrogen) atoms. The molecule has 0 aliphatic heterocycles. The van der Waals surface area contributed by atoms with E-state index < -0.39 is 0 Å². The SMILES string of the molecule is CN(C)C(CNC1CC1)c1ccncc1. The van der Waals surface area contributed by atoms with Crippen molar-refractivity contribution < 1.29 is 0 Å². The first-order valence-electron chi connectivity index (χ1n) is 5.57. The zero-order chi connectivity index (χ0) is 10.7. The molecule has 1 aliphatic rings. The Kier molecular flexibility index (Phi) is 3.34. The summed E-state index contributed by atoms with van der Waals surface area (Å²) in [7, 11) is 4.25. The minimum Gasteiger partial charge on any atom is -0.312 e. The summed E-state index contributed by atoms with van der Waals surface area (Å²) >= 11 is 0. The number of hydrogen-bond donors (Lipinski definition) is 1. The van der Waals surface area contributed by atoms with Gasteiger partial charge in [-0.3, -0.25) is 4.98 Å². The Morgan fingerprint density at radius 1 is 1.40 bits per heavy atom.